The number of cyclic esters (lactones) is 1. The molecular weight excluding hydrogens is 323 g/mol. The Kier molecular flexibility index (Phi) is 3.87. The molecule has 1 saturated heterocycles. The lowest BCUT2D eigenvalue weighted by atomic mass is 10.0. The number of esters is 2. The van der Waals surface area contributed by atoms with Crippen molar-refractivity contribution in [2.75, 3.05) is 0 Å². The third kappa shape index (κ3) is 3.09. The molecule has 0 bridgehead atoms. The average molecular weight is 340 g/mol. The van der Waals surface area contributed by atoms with Crippen molar-refractivity contribution < 1.29 is 19.1 Å². The summed E-state index contributed by atoms with van der Waals surface area (Å²) in [6, 6.07) is 0. The fourth-order valence-corrected chi connectivity index (χ4v) is 1.52. The molecule has 0 radical (unpaired) electrons. The van der Waals surface area contributed by atoms with Crippen LogP contribution in [0.25, 0.3) is 0 Å². The maximum absolute atomic E-state index is 11.8. The maximum atomic E-state index is 11.8. The second kappa shape index (κ2) is 4.50. The Balaban J connectivity index is 2.63. The highest BCUT2D eigenvalue weighted by molar-refractivity contribution is 14.1. The van der Waals surface area contributed by atoms with Gasteiger partial charge in [-0.05, 0) is 27.2 Å². The van der Waals surface area contributed by atoms with Crippen LogP contribution < -0.4 is 0 Å². The van der Waals surface area contributed by atoms with Crippen LogP contribution in [0.4, 0.5) is 0 Å². The largest absolute Gasteiger partial charge is 0.457 e. The Hall–Kier alpha value is -0.330. The van der Waals surface area contributed by atoms with E-state index in [9.17, 15) is 9.59 Å². The first kappa shape index (κ1) is 13.7. The third-order valence-corrected chi connectivity index (χ3v) is 3.86. The second-order valence-electron chi connectivity index (χ2n) is 4.83. The molecule has 0 aliphatic carbocycles. The van der Waals surface area contributed by atoms with Gasteiger partial charge in [-0.1, -0.05) is 29.5 Å². The monoisotopic (exact) mass is 340 g/mol. The van der Waals surface area contributed by atoms with E-state index in [2.05, 4.69) is 0 Å². The molecule has 0 saturated carbocycles. The zero-order valence-corrected chi connectivity index (χ0v) is 12.2. The van der Waals surface area contributed by atoms with Gasteiger partial charge in [-0.15, -0.1) is 0 Å². The number of hydrogen-bond acceptors (Lipinski definition) is 4. The van der Waals surface area contributed by atoms with E-state index in [0.717, 1.165) is 0 Å². The SMILES string of the molecule is CCC(C)(I)C(=O)OC1CC(C)(C)OC1=O. The van der Waals surface area contributed by atoms with Gasteiger partial charge in [0.2, 0.25) is 6.10 Å². The molecule has 16 heavy (non-hydrogen) atoms. The van der Waals surface area contributed by atoms with Crippen LogP contribution in [0.1, 0.15) is 40.5 Å². The smallest absolute Gasteiger partial charge is 0.348 e. The van der Waals surface area contributed by atoms with E-state index in [1.165, 1.54) is 0 Å². The van der Waals surface area contributed by atoms with Crippen molar-refractivity contribution >= 4 is 34.5 Å². The van der Waals surface area contributed by atoms with Crippen molar-refractivity contribution in [2.45, 2.75) is 55.7 Å². The summed E-state index contributed by atoms with van der Waals surface area (Å²) in [7, 11) is 0. The highest BCUT2D eigenvalue weighted by Crippen LogP contribution is 2.31. The van der Waals surface area contributed by atoms with E-state index in [1.54, 1.807) is 6.92 Å². The van der Waals surface area contributed by atoms with Gasteiger partial charge in [-0.25, -0.2) is 4.79 Å². The molecule has 1 aliphatic rings. The molecule has 92 valence electrons. The average Bonchev–Trinajstić information content (AvgIpc) is 2.39. The van der Waals surface area contributed by atoms with E-state index < -0.39 is 21.1 Å². The molecule has 0 spiro atoms. The molecule has 2 unspecified atom stereocenters. The first-order valence-corrected chi connectivity index (χ1v) is 6.39. The predicted octanol–water partition coefficient (Wildman–Crippen LogP) is 2.23. The summed E-state index contributed by atoms with van der Waals surface area (Å²) in [6.45, 7) is 7.32. The number of ether oxygens (including phenoxy) is 2. The number of carbonyl (C=O) groups is 2. The van der Waals surface area contributed by atoms with E-state index in [0.29, 0.717) is 12.8 Å². The van der Waals surface area contributed by atoms with Gasteiger partial charge in [0.15, 0.2) is 0 Å². The molecule has 1 heterocycles. The van der Waals surface area contributed by atoms with E-state index in [4.69, 9.17) is 9.47 Å². The van der Waals surface area contributed by atoms with Gasteiger partial charge in [0.1, 0.15) is 9.02 Å². The van der Waals surface area contributed by atoms with Crippen LogP contribution in [0.5, 0.6) is 0 Å². The molecule has 0 N–H and O–H groups in total. The highest BCUT2D eigenvalue weighted by Gasteiger charge is 2.44. The first-order chi connectivity index (χ1) is 7.18. The van der Waals surface area contributed by atoms with Gasteiger partial charge in [0.25, 0.3) is 0 Å². The first-order valence-electron chi connectivity index (χ1n) is 5.31. The van der Waals surface area contributed by atoms with Crippen molar-refractivity contribution in [3.63, 3.8) is 0 Å². The Morgan fingerprint density at radius 1 is 1.69 bits per heavy atom. The number of alkyl halides is 1. The Labute approximate surface area is 109 Å². The fraction of sp³-hybridized carbons (Fsp3) is 0.818. The van der Waals surface area contributed by atoms with Crippen LogP contribution in [0.2, 0.25) is 0 Å². The molecule has 1 rings (SSSR count). The molecular formula is C11H17IO4. The number of rotatable bonds is 3. The minimum atomic E-state index is -0.747. The van der Waals surface area contributed by atoms with Crippen molar-refractivity contribution in [2.24, 2.45) is 0 Å². The summed E-state index contributed by atoms with van der Waals surface area (Å²) in [5, 5.41) is 0. The van der Waals surface area contributed by atoms with Crippen molar-refractivity contribution in [3.8, 4) is 0 Å². The van der Waals surface area contributed by atoms with Crippen LogP contribution >= 0.6 is 22.6 Å². The van der Waals surface area contributed by atoms with Gasteiger partial charge >= 0.3 is 11.9 Å². The Morgan fingerprint density at radius 2 is 2.25 bits per heavy atom. The lowest BCUT2D eigenvalue weighted by molar-refractivity contribution is -0.163. The molecule has 0 aromatic heterocycles. The van der Waals surface area contributed by atoms with E-state index in [1.807, 2.05) is 43.4 Å². The predicted molar refractivity (Wildman–Crippen MR) is 67.4 cm³/mol. The Bertz CT molecular complexity index is 309. The molecule has 0 amide bonds. The quantitative estimate of drug-likeness (QED) is 0.449. The second-order valence-corrected chi connectivity index (χ2v) is 7.21. The van der Waals surface area contributed by atoms with Crippen LogP contribution in [-0.4, -0.2) is 27.1 Å². The molecule has 0 aromatic rings. The number of hydrogen-bond donors (Lipinski definition) is 0. The zero-order valence-electron chi connectivity index (χ0n) is 10.0. The number of halogens is 1. The molecule has 0 aromatic carbocycles. The third-order valence-electron chi connectivity index (χ3n) is 2.66. The van der Waals surface area contributed by atoms with Crippen molar-refractivity contribution in [1.82, 2.24) is 0 Å². The van der Waals surface area contributed by atoms with Gasteiger partial charge in [0.05, 0.1) is 0 Å². The minimum absolute atomic E-state index is 0.352. The molecule has 1 fully saturated rings. The normalized spacial score (nSPS) is 27.1. The summed E-state index contributed by atoms with van der Waals surface area (Å²) in [5.74, 6) is -0.795. The standard InChI is InChI=1S/C11H17IO4/c1-5-11(4,12)9(14)15-7-6-10(2,3)16-8(7)13/h7H,5-6H2,1-4H3. The fourth-order valence-electron chi connectivity index (χ4n) is 1.40. The van der Waals surface area contributed by atoms with Crippen molar-refractivity contribution in [3.05, 3.63) is 0 Å². The highest BCUT2D eigenvalue weighted by atomic mass is 127. The summed E-state index contributed by atoms with van der Waals surface area (Å²) >= 11 is 2.04. The molecule has 4 nitrogen and oxygen atoms in total. The summed E-state index contributed by atoms with van der Waals surface area (Å²) in [6.07, 6.45) is 0.342. The minimum Gasteiger partial charge on any atom is -0.457 e. The lowest BCUT2D eigenvalue weighted by Crippen LogP contribution is -2.34. The zero-order chi connectivity index (χ0) is 12.6. The van der Waals surface area contributed by atoms with Gasteiger partial charge in [-0.3, -0.25) is 4.79 Å². The molecule has 5 heteroatoms. The van der Waals surface area contributed by atoms with Gasteiger partial charge in [-0.2, -0.15) is 0 Å². The van der Waals surface area contributed by atoms with Crippen LogP contribution in [-0.2, 0) is 19.1 Å². The summed E-state index contributed by atoms with van der Waals surface area (Å²) < 4.78 is 9.71. The van der Waals surface area contributed by atoms with Gasteiger partial charge in [0, 0.05) is 6.42 Å². The van der Waals surface area contributed by atoms with E-state index in [-0.39, 0.29) is 5.97 Å². The van der Waals surface area contributed by atoms with Gasteiger partial charge < -0.3 is 9.47 Å². The summed E-state index contributed by atoms with van der Waals surface area (Å²) in [4.78, 5) is 23.2. The van der Waals surface area contributed by atoms with Crippen LogP contribution in [0.15, 0.2) is 0 Å². The van der Waals surface area contributed by atoms with Crippen molar-refractivity contribution in [1.29, 1.82) is 0 Å². The lowest BCUT2D eigenvalue weighted by Gasteiger charge is -2.20. The topological polar surface area (TPSA) is 52.6 Å². The molecule has 2 atom stereocenters. The summed E-state index contributed by atoms with van der Waals surface area (Å²) in [5.41, 5.74) is -0.532. The van der Waals surface area contributed by atoms with Crippen LogP contribution in [0.3, 0.4) is 0 Å². The maximum Gasteiger partial charge on any atom is 0.348 e. The van der Waals surface area contributed by atoms with E-state index >= 15 is 0 Å². The molecule has 1 aliphatic heterocycles. The van der Waals surface area contributed by atoms with Crippen LogP contribution in [0, 0.1) is 0 Å². The number of carbonyl (C=O) groups excluding carboxylic acids is 2. The Morgan fingerprint density at radius 3 is 2.62 bits per heavy atom.